The van der Waals surface area contributed by atoms with E-state index in [1.807, 2.05) is 30.1 Å². The molecule has 0 fully saturated rings. The molecule has 2 heteroatoms. The summed E-state index contributed by atoms with van der Waals surface area (Å²) < 4.78 is 1.99. The molecule has 0 saturated carbocycles. The van der Waals surface area contributed by atoms with Crippen LogP contribution < -0.4 is 0 Å². The highest BCUT2D eigenvalue weighted by Gasteiger charge is 1.91. The van der Waals surface area contributed by atoms with E-state index in [-0.39, 0.29) is 0 Å². The maximum absolute atomic E-state index is 8.28. The molecule has 10 heavy (non-hydrogen) atoms. The fourth-order valence-electron chi connectivity index (χ4n) is 0.909. The molecule has 0 unspecified atom stereocenters. The number of hydrogen-bond acceptors (Lipinski definition) is 1. The summed E-state index contributed by atoms with van der Waals surface area (Å²) >= 11 is 0. The summed E-state index contributed by atoms with van der Waals surface area (Å²) in [7, 11) is 1.98. The Balaban J connectivity index is 2.52. The largest absolute Gasteiger partial charge is 0.357 e. The normalized spacial score (nSPS) is 9.20. The molecule has 0 aromatic carbocycles. The summed E-state index contributed by atoms with van der Waals surface area (Å²) in [6.45, 7) is 0. The summed E-state index contributed by atoms with van der Waals surface area (Å²) in [5, 5.41) is 8.28. The zero-order valence-corrected chi connectivity index (χ0v) is 6.04. The Morgan fingerprint density at radius 3 is 3.00 bits per heavy atom. The lowest BCUT2D eigenvalue weighted by atomic mass is 10.2. The molecule has 0 aliphatic rings. The summed E-state index contributed by atoms with van der Waals surface area (Å²) in [6.07, 6.45) is 5.52. The van der Waals surface area contributed by atoms with Gasteiger partial charge in [0.05, 0.1) is 6.07 Å². The Bertz CT molecular complexity index is 242. The second-order valence-electron chi connectivity index (χ2n) is 2.34. The first-order valence-electron chi connectivity index (χ1n) is 3.31. The summed E-state index contributed by atoms with van der Waals surface area (Å²) in [6, 6.07) is 4.16. The molecule has 0 aliphatic carbocycles. The number of hydrogen-bond donors (Lipinski definition) is 0. The second-order valence-corrected chi connectivity index (χ2v) is 2.34. The minimum atomic E-state index is 0.615. The molecule has 0 N–H and O–H groups in total. The number of rotatable bonds is 2. The highest BCUT2D eigenvalue weighted by atomic mass is 14.9. The summed E-state index contributed by atoms with van der Waals surface area (Å²) in [4.78, 5) is 0. The van der Waals surface area contributed by atoms with Crippen molar-refractivity contribution in [2.45, 2.75) is 12.8 Å². The Hall–Kier alpha value is -1.23. The van der Waals surface area contributed by atoms with E-state index in [0.717, 1.165) is 6.42 Å². The van der Waals surface area contributed by atoms with Crippen molar-refractivity contribution < 1.29 is 0 Å². The van der Waals surface area contributed by atoms with Gasteiger partial charge < -0.3 is 4.57 Å². The highest BCUT2D eigenvalue weighted by Crippen LogP contribution is 2.01. The molecule has 0 spiro atoms. The smallest absolute Gasteiger partial charge is 0.0625 e. The van der Waals surface area contributed by atoms with E-state index in [4.69, 9.17) is 5.26 Å². The van der Waals surface area contributed by atoms with Crippen LogP contribution >= 0.6 is 0 Å². The van der Waals surface area contributed by atoms with Gasteiger partial charge in [-0.1, -0.05) is 0 Å². The van der Waals surface area contributed by atoms with Gasteiger partial charge in [0.25, 0.3) is 0 Å². The van der Waals surface area contributed by atoms with Gasteiger partial charge >= 0.3 is 0 Å². The van der Waals surface area contributed by atoms with E-state index < -0.39 is 0 Å². The van der Waals surface area contributed by atoms with Gasteiger partial charge in [-0.15, -0.1) is 0 Å². The Morgan fingerprint density at radius 2 is 2.50 bits per heavy atom. The molecule has 1 rings (SSSR count). The van der Waals surface area contributed by atoms with Crippen molar-refractivity contribution in [2.24, 2.45) is 7.05 Å². The highest BCUT2D eigenvalue weighted by molar-refractivity contribution is 5.10. The zero-order chi connectivity index (χ0) is 7.40. The monoisotopic (exact) mass is 134 g/mol. The van der Waals surface area contributed by atoms with Gasteiger partial charge in [-0.25, -0.2) is 0 Å². The van der Waals surface area contributed by atoms with E-state index >= 15 is 0 Å². The van der Waals surface area contributed by atoms with Crippen molar-refractivity contribution in [1.82, 2.24) is 4.57 Å². The molecule has 0 bridgehead atoms. The van der Waals surface area contributed by atoms with Gasteiger partial charge in [0, 0.05) is 25.9 Å². The maximum atomic E-state index is 8.28. The van der Waals surface area contributed by atoms with Crippen LogP contribution in [-0.2, 0) is 13.5 Å². The number of aryl methyl sites for hydroxylation is 2. The lowest BCUT2D eigenvalue weighted by Crippen LogP contribution is -1.81. The predicted octanol–water partition coefficient (Wildman–Crippen LogP) is 1.48. The third kappa shape index (κ3) is 1.63. The van der Waals surface area contributed by atoms with E-state index in [1.165, 1.54) is 5.56 Å². The van der Waals surface area contributed by atoms with Crippen LogP contribution in [0.5, 0.6) is 0 Å². The van der Waals surface area contributed by atoms with Crippen molar-refractivity contribution >= 4 is 0 Å². The molecule has 52 valence electrons. The molecule has 1 aromatic heterocycles. The standard InChI is InChI=1S/C8H10N2/c1-10-6-4-8(7-10)3-2-5-9/h4,6-7H,2-3H2,1H3. The van der Waals surface area contributed by atoms with Gasteiger partial charge in [0.1, 0.15) is 0 Å². The van der Waals surface area contributed by atoms with Crippen LogP contribution in [0.3, 0.4) is 0 Å². The molecule has 0 amide bonds. The van der Waals surface area contributed by atoms with Crippen molar-refractivity contribution in [3.05, 3.63) is 24.0 Å². The molecule has 0 atom stereocenters. The van der Waals surface area contributed by atoms with Gasteiger partial charge in [-0.05, 0) is 18.1 Å². The van der Waals surface area contributed by atoms with Gasteiger partial charge in [-0.3, -0.25) is 0 Å². The number of nitrogens with zero attached hydrogens (tertiary/aromatic N) is 2. The third-order valence-electron chi connectivity index (χ3n) is 1.42. The summed E-state index contributed by atoms with van der Waals surface area (Å²) in [5.41, 5.74) is 1.24. The number of aromatic nitrogens is 1. The topological polar surface area (TPSA) is 28.7 Å². The van der Waals surface area contributed by atoms with Crippen molar-refractivity contribution in [2.75, 3.05) is 0 Å². The van der Waals surface area contributed by atoms with E-state index in [2.05, 4.69) is 6.07 Å². The maximum Gasteiger partial charge on any atom is 0.0625 e. The minimum Gasteiger partial charge on any atom is -0.357 e. The number of nitriles is 1. The van der Waals surface area contributed by atoms with E-state index in [1.54, 1.807) is 0 Å². The lowest BCUT2D eigenvalue weighted by molar-refractivity contribution is 0.912. The van der Waals surface area contributed by atoms with Crippen LogP contribution in [0.25, 0.3) is 0 Å². The van der Waals surface area contributed by atoms with Crippen LogP contribution in [0.2, 0.25) is 0 Å². The van der Waals surface area contributed by atoms with Gasteiger partial charge in [0.2, 0.25) is 0 Å². The van der Waals surface area contributed by atoms with E-state index in [9.17, 15) is 0 Å². The van der Waals surface area contributed by atoms with Gasteiger partial charge in [-0.2, -0.15) is 5.26 Å². The van der Waals surface area contributed by atoms with E-state index in [0.29, 0.717) is 6.42 Å². The Kier molecular flexibility index (Phi) is 2.11. The van der Waals surface area contributed by atoms with Crippen LogP contribution in [0.15, 0.2) is 18.5 Å². The van der Waals surface area contributed by atoms with Crippen LogP contribution in [0, 0.1) is 11.3 Å². The molecule has 1 heterocycles. The predicted molar refractivity (Wildman–Crippen MR) is 39.3 cm³/mol. The minimum absolute atomic E-state index is 0.615. The molecular weight excluding hydrogens is 124 g/mol. The molecule has 2 nitrogen and oxygen atoms in total. The van der Waals surface area contributed by atoms with Crippen molar-refractivity contribution in [1.29, 1.82) is 5.26 Å². The molecule has 1 aromatic rings. The first-order chi connectivity index (χ1) is 4.83. The quantitative estimate of drug-likeness (QED) is 0.602. The Labute approximate surface area is 60.7 Å². The molecule has 0 radical (unpaired) electrons. The first-order valence-corrected chi connectivity index (χ1v) is 3.31. The second kappa shape index (κ2) is 3.07. The third-order valence-corrected chi connectivity index (χ3v) is 1.42. The first kappa shape index (κ1) is 6.88. The fraction of sp³-hybridized carbons (Fsp3) is 0.375. The molecule has 0 saturated heterocycles. The van der Waals surface area contributed by atoms with Crippen LogP contribution in [0.1, 0.15) is 12.0 Å². The van der Waals surface area contributed by atoms with Gasteiger partial charge in [0.15, 0.2) is 0 Å². The lowest BCUT2D eigenvalue weighted by Gasteiger charge is -1.87. The molecule has 0 aliphatic heterocycles. The van der Waals surface area contributed by atoms with Crippen molar-refractivity contribution in [3.63, 3.8) is 0 Å². The van der Waals surface area contributed by atoms with Crippen molar-refractivity contribution in [3.8, 4) is 6.07 Å². The SMILES string of the molecule is Cn1ccc(CCC#N)c1. The summed E-state index contributed by atoms with van der Waals surface area (Å²) in [5.74, 6) is 0. The Morgan fingerprint density at radius 1 is 1.70 bits per heavy atom. The van der Waals surface area contributed by atoms with Crippen LogP contribution in [0.4, 0.5) is 0 Å². The van der Waals surface area contributed by atoms with Crippen LogP contribution in [-0.4, -0.2) is 4.57 Å². The molecular formula is C8H10N2. The fourth-order valence-corrected chi connectivity index (χ4v) is 0.909. The average Bonchev–Trinajstić information content (AvgIpc) is 2.31. The zero-order valence-electron chi connectivity index (χ0n) is 6.04. The average molecular weight is 134 g/mol.